The number of aromatic nitrogens is 4. The van der Waals surface area contributed by atoms with Crippen LogP contribution in [0.25, 0.3) is 27.3 Å². The first-order valence-corrected chi connectivity index (χ1v) is 12.0. The zero-order valence-corrected chi connectivity index (χ0v) is 19.3. The number of para-hydroxylation sites is 1. The van der Waals surface area contributed by atoms with E-state index in [-0.39, 0.29) is 5.56 Å². The van der Waals surface area contributed by atoms with Gasteiger partial charge < -0.3 is 0 Å². The molecule has 5 aromatic rings. The van der Waals surface area contributed by atoms with Crippen LogP contribution in [-0.2, 0) is 5.75 Å². The largest absolute Gasteiger partial charge is 0.268 e. The number of pyridine rings is 1. The van der Waals surface area contributed by atoms with Crippen molar-refractivity contribution < 1.29 is 0 Å². The van der Waals surface area contributed by atoms with Crippen molar-refractivity contribution in [3.63, 3.8) is 0 Å². The number of thioether (sulfide) groups is 1. The van der Waals surface area contributed by atoms with E-state index in [0.717, 1.165) is 27.6 Å². The lowest BCUT2D eigenvalue weighted by atomic mass is 10.1. The van der Waals surface area contributed by atoms with Crippen LogP contribution in [-0.4, -0.2) is 19.5 Å². The third-order valence-corrected chi connectivity index (χ3v) is 7.16. The summed E-state index contributed by atoms with van der Waals surface area (Å²) in [4.78, 5) is 27.4. The van der Waals surface area contributed by atoms with Crippen LogP contribution >= 0.6 is 23.1 Å². The van der Waals surface area contributed by atoms with Gasteiger partial charge in [0, 0.05) is 17.3 Å². The molecule has 5 nitrogen and oxygen atoms in total. The van der Waals surface area contributed by atoms with Crippen molar-refractivity contribution in [3.05, 3.63) is 99.4 Å². The van der Waals surface area contributed by atoms with Gasteiger partial charge in [-0.3, -0.25) is 14.3 Å². The first-order valence-electron chi connectivity index (χ1n) is 10.2. The van der Waals surface area contributed by atoms with E-state index in [0.29, 0.717) is 21.8 Å². The summed E-state index contributed by atoms with van der Waals surface area (Å²) in [6, 6.07) is 19.4. The van der Waals surface area contributed by atoms with Gasteiger partial charge in [0.2, 0.25) is 0 Å². The Morgan fingerprint density at radius 1 is 0.969 bits per heavy atom. The van der Waals surface area contributed by atoms with Gasteiger partial charge >= 0.3 is 0 Å². The van der Waals surface area contributed by atoms with Gasteiger partial charge in [0.15, 0.2) is 5.16 Å². The molecule has 0 unspecified atom stereocenters. The summed E-state index contributed by atoms with van der Waals surface area (Å²) >= 11 is 3.09. The Morgan fingerprint density at radius 2 is 1.81 bits per heavy atom. The Labute approximate surface area is 193 Å². The molecule has 0 aliphatic carbocycles. The lowest BCUT2D eigenvalue weighted by molar-refractivity contribution is 0.818. The van der Waals surface area contributed by atoms with E-state index in [1.807, 2.05) is 66.0 Å². The molecule has 158 valence electrons. The monoisotopic (exact) mass is 456 g/mol. The second-order valence-corrected chi connectivity index (χ2v) is 9.27. The zero-order valence-electron chi connectivity index (χ0n) is 17.6. The minimum atomic E-state index is -0.0613. The number of thiazole rings is 1. The fraction of sp³-hybridized carbons (Fsp3) is 0.120. The van der Waals surface area contributed by atoms with Crippen molar-refractivity contribution in [2.75, 3.05) is 0 Å². The molecule has 32 heavy (non-hydrogen) atoms. The first-order chi connectivity index (χ1) is 15.6. The van der Waals surface area contributed by atoms with Gasteiger partial charge in [-0.2, -0.15) is 0 Å². The predicted octanol–water partition coefficient (Wildman–Crippen LogP) is 5.81. The number of nitrogens with zero attached hydrogens (tertiary/aromatic N) is 4. The molecule has 0 radical (unpaired) electrons. The molecule has 0 aliphatic heterocycles. The highest BCUT2D eigenvalue weighted by Crippen LogP contribution is 2.28. The zero-order chi connectivity index (χ0) is 22.1. The minimum absolute atomic E-state index is 0.0613. The van der Waals surface area contributed by atoms with Crippen LogP contribution in [0.15, 0.2) is 82.2 Å². The van der Waals surface area contributed by atoms with Crippen molar-refractivity contribution in [2.24, 2.45) is 0 Å². The maximum absolute atomic E-state index is 13.4. The average molecular weight is 457 g/mol. The molecule has 0 saturated carbocycles. The summed E-state index contributed by atoms with van der Waals surface area (Å²) < 4.78 is 1.71. The molecule has 0 aliphatic rings. The van der Waals surface area contributed by atoms with Gasteiger partial charge in [0.1, 0.15) is 5.01 Å². The predicted molar refractivity (Wildman–Crippen MR) is 132 cm³/mol. The second-order valence-electron chi connectivity index (χ2n) is 7.47. The van der Waals surface area contributed by atoms with Gasteiger partial charge in [-0.05, 0) is 61.4 Å². The molecule has 0 fully saturated rings. The SMILES string of the molecule is Cc1ccc(-n2c(SCc3csc(-c4ccccn4)n3)nc3ccccc3c2=O)cc1C. The summed E-state index contributed by atoms with van der Waals surface area (Å²) in [6.07, 6.45) is 1.77. The van der Waals surface area contributed by atoms with E-state index in [9.17, 15) is 4.79 Å². The molecular weight excluding hydrogens is 436 g/mol. The van der Waals surface area contributed by atoms with Gasteiger partial charge in [-0.25, -0.2) is 9.97 Å². The van der Waals surface area contributed by atoms with E-state index < -0.39 is 0 Å². The lowest BCUT2D eigenvalue weighted by Gasteiger charge is -2.14. The van der Waals surface area contributed by atoms with E-state index >= 15 is 0 Å². The van der Waals surface area contributed by atoms with Crippen molar-refractivity contribution in [3.8, 4) is 16.4 Å². The van der Waals surface area contributed by atoms with E-state index in [1.165, 1.54) is 17.3 Å². The van der Waals surface area contributed by atoms with Crippen LogP contribution < -0.4 is 5.56 Å². The third kappa shape index (κ3) is 3.97. The summed E-state index contributed by atoms with van der Waals surface area (Å²) in [6.45, 7) is 4.12. The van der Waals surface area contributed by atoms with Gasteiger partial charge in [-0.1, -0.05) is 36.0 Å². The van der Waals surface area contributed by atoms with E-state index in [4.69, 9.17) is 9.97 Å². The normalized spacial score (nSPS) is 11.2. The molecule has 0 spiro atoms. The molecule has 0 amide bonds. The Bertz CT molecular complexity index is 1470. The van der Waals surface area contributed by atoms with E-state index in [1.54, 1.807) is 22.1 Å². The maximum Gasteiger partial charge on any atom is 0.266 e. The quantitative estimate of drug-likeness (QED) is 0.247. The molecular formula is C25H20N4OS2. The molecule has 3 heterocycles. The van der Waals surface area contributed by atoms with Gasteiger partial charge in [0.25, 0.3) is 5.56 Å². The van der Waals surface area contributed by atoms with Crippen LogP contribution in [0.4, 0.5) is 0 Å². The number of hydrogen-bond donors (Lipinski definition) is 0. The van der Waals surface area contributed by atoms with Crippen LogP contribution in [0.1, 0.15) is 16.8 Å². The summed E-state index contributed by atoms with van der Waals surface area (Å²) in [5.41, 5.74) is 5.60. The molecule has 3 aromatic heterocycles. The highest BCUT2D eigenvalue weighted by molar-refractivity contribution is 7.98. The fourth-order valence-electron chi connectivity index (χ4n) is 3.42. The molecule has 0 saturated heterocycles. The van der Waals surface area contributed by atoms with Crippen molar-refractivity contribution in [1.29, 1.82) is 0 Å². The fourth-order valence-corrected chi connectivity index (χ4v) is 5.23. The Hall–Kier alpha value is -3.29. The summed E-state index contributed by atoms with van der Waals surface area (Å²) in [7, 11) is 0. The highest BCUT2D eigenvalue weighted by atomic mass is 32.2. The second kappa shape index (κ2) is 8.68. The molecule has 5 rings (SSSR count). The molecule has 7 heteroatoms. The number of hydrogen-bond acceptors (Lipinski definition) is 6. The van der Waals surface area contributed by atoms with Crippen molar-refractivity contribution in [1.82, 2.24) is 19.5 Å². The topological polar surface area (TPSA) is 60.7 Å². The van der Waals surface area contributed by atoms with E-state index in [2.05, 4.69) is 18.8 Å². The molecule has 0 atom stereocenters. The lowest BCUT2D eigenvalue weighted by Crippen LogP contribution is -2.22. The number of fused-ring (bicyclic) bond motifs is 1. The number of aryl methyl sites for hydroxylation is 2. The average Bonchev–Trinajstić information content (AvgIpc) is 3.30. The Balaban J connectivity index is 1.54. The highest BCUT2D eigenvalue weighted by Gasteiger charge is 2.15. The molecule has 2 aromatic carbocycles. The minimum Gasteiger partial charge on any atom is -0.268 e. The van der Waals surface area contributed by atoms with Crippen LogP contribution in [0, 0.1) is 13.8 Å². The van der Waals surface area contributed by atoms with Crippen LogP contribution in [0.5, 0.6) is 0 Å². The molecule has 0 bridgehead atoms. The number of rotatable bonds is 5. The van der Waals surface area contributed by atoms with Crippen molar-refractivity contribution >= 4 is 34.0 Å². The molecule has 0 N–H and O–H groups in total. The number of benzene rings is 2. The maximum atomic E-state index is 13.4. The standard InChI is InChI=1S/C25H20N4OS2/c1-16-10-11-19(13-17(16)2)29-24(30)20-7-3-4-8-21(20)28-25(29)32-15-18-14-31-23(27-18)22-9-5-6-12-26-22/h3-14H,15H2,1-2H3. The van der Waals surface area contributed by atoms with Crippen molar-refractivity contribution in [2.45, 2.75) is 24.8 Å². The Kier molecular flexibility index (Phi) is 5.59. The third-order valence-electron chi connectivity index (χ3n) is 5.28. The van der Waals surface area contributed by atoms with Crippen LogP contribution in [0.3, 0.4) is 0 Å². The smallest absolute Gasteiger partial charge is 0.266 e. The Morgan fingerprint density at radius 3 is 2.62 bits per heavy atom. The summed E-state index contributed by atoms with van der Waals surface area (Å²) in [5, 5.41) is 4.20. The van der Waals surface area contributed by atoms with Gasteiger partial charge in [0.05, 0.1) is 28.0 Å². The first kappa shape index (κ1) is 20.6. The van der Waals surface area contributed by atoms with Crippen LogP contribution in [0.2, 0.25) is 0 Å². The van der Waals surface area contributed by atoms with Gasteiger partial charge in [-0.15, -0.1) is 11.3 Å². The summed E-state index contributed by atoms with van der Waals surface area (Å²) in [5.74, 6) is 0.610.